The minimum absolute atomic E-state index is 0.514. The summed E-state index contributed by atoms with van der Waals surface area (Å²) in [6.07, 6.45) is 5.56. The van der Waals surface area contributed by atoms with Crippen molar-refractivity contribution in [2.45, 2.75) is 51.6 Å². The molecule has 0 bridgehead atoms. The van der Waals surface area contributed by atoms with E-state index in [0.717, 1.165) is 5.92 Å². The van der Waals surface area contributed by atoms with Crippen molar-refractivity contribution in [2.75, 3.05) is 0 Å². The van der Waals surface area contributed by atoms with E-state index in [-0.39, 0.29) is 0 Å². The van der Waals surface area contributed by atoms with Crippen molar-refractivity contribution in [1.82, 2.24) is 5.32 Å². The molecule has 0 aliphatic heterocycles. The molecule has 0 spiro atoms. The van der Waals surface area contributed by atoms with Crippen LogP contribution in [-0.2, 0) is 0 Å². The molecule has 2 atom stereocenters. The highest BCUT2D eigenvalue weighted by Crippen LogP contribution is 2.34. The third-order valence-electron chi connectivity index (χ3n) is 3.34. The molecule has 1 N–H and O–H groups in total. The van der Waals surface area contributed by atoms with Gasteiger partial charge in [-0.15, -0.1) is 0 Å². The molecule has 2 unspecified atom stereocenters. The Morgan fingerprint density at radius 3 is 2.87 bits per heavy atom. The van der Waals surface area contributed by atoms with E-state index in [9.17, 15) is 0 Å². The van der Waals surface area contributed by atoms with E-state index in [0.29, 0.717) is 12.1 Å². The highest BCUT2D eigenvalue weighted by atomic mass is 32.1. The van der Waals surface area contributed by atoms with Crippen molar-refractivity contribution in [2.24, 2.45) is 5.92 Å². The van der Waals surface area contributed by atoms with Crippen LogP contribution in [0.15, 0.2) is 16.8 Å². The molecule has 1 aromatic heterocycles. The van der Waals surface area contributed by atoms with Gasteiger partial charge in [-0.2, -0.15) is 11.3 Å². The quantitative estimate of drug-likeness (QED) is 0.769. The van der Waals surface area contributed by atoms with Crippen LogP contribution in [0.25, 0.3) is 0 Å². The number of nitrogens with one attached hydrogen (secondary N) is 1. The van der Waals surface area contributed by atoms with Crippen molar-refractivity contribution in [3.63, 3.8) is 0 Å². The summed E-state index contributed by atoms with van der Waals surface area (Å²) in [5.74, 6) is 1.03. The molecule has 1 fully saturated rings. The maximum atomic E-state index is 3.75. The molecular formula is C13H21NS. The Kier molecular flexibility index (Phi) is 3.81. The normalized spacial score (nSPS) is 20.1. The first-order valence-electron chi connectivity index (χ1n) is 6.07. The van der Waals surface area contributed by atoms with Gasteiger partial charge in [0.15, 0.2) is 0 Å². The van der Waals surface area contributed by atoms with E-state index < -0.39 is 0 Å². The lowest BCUT2D eigenvalue weighted by Gasteiger charge is -2.21. The summed E-state index contributed by atoms with van der Waals surface area (Å²) in [7, 11) is 0. The number of rotatable bonds is 6. The molecular weight excluding hydrogens is 202 g/mol. The molecule has 1 heterocycles. The van der Waals surface area contributed by atoms with Gasteiger partial charge in [-0.25, -0.2) is 0 Å². The Balaban J connectivity index is 1.82. The summed E-state index contributed by atoms with van der Waals surface area (Å²) in [6.45, 7) is 4.57. The van der Waals surface area contributed by atoms with Crippen LogP contribution in [0.2, 0.25) is 0 Å². The van der Waals surface area contributed by atoms with Crippen LogP contribution >= 0.6 is 11.3 Å². The monoisotopic (exact) mass is 223 g/mol. The Bertz CT molecular complexity index is 277. The lowest BCUT2D eigenvalue weighted by Crippen LogP contribution is -2.31. The lowest BCUT2D eigenvalue weighted by molar-refractivity contribution is 0.404. The van der Waals surface area contributed by atoms with Crippen molar-refractivity contribution in [1.29, 1.82) is 0 Å². The third kappa shape index (κ3) is 3.32. The van der Waals surface area contributed by atoms with Crippen molar-refractivity contribution >= 4 is 11.3 Å². The van der Waals surface area contributed by atoms with Crippen LogP contribution in [0.4, 0.5) is 0 Å². The third-order valence-corrected chi connectivity index (χ3v) is 4.04. The summed E-state index contributed by atoms with van der Waals surface area (Å²) in [5.41, 5.74) is 1.44. The second-order valence-electron chi connectivity index (χ2n) is 4.73. The molecule has 0 saturated heterocycles. The van der Waals surface area contributed by atoms with Gasteiger partial charge in [-0.05, 0) is 48.1 Å². The van der Waals surface area contributed by atoms with Crippen molar-refractivity contribution in [3.05, 3.63) is 22.4 Å². The van der Waals surface area contributed by atoms with Crippen LogP contribution in [0.1, 0.15) is 51.1 Å². The van der Waals surface area contributed by atoms with E-state index in [1.165, 1.54) is 31.2 Å². The van der Waals surface area contributed by atoms with Gasteiger partial charge in [0.1, 0.15) is 0 Å². The van der Waals surface area contributed by atoms with Gasteiger partial charge in [-0.1, -0.05) is 19.8 Å². The van der Waals surface area contributed by atoms with Crippen molar-refractivity contribution < 1.29 is 0 Å². The average Bonchev–Trinajstić information content (AvgIpc) is 2.88. The van der Waals surface area contributed by atoms with Gasteiger partial charge < -0.3 is 5.32 Å². The fourth-order valence-electron chi connectivity index (χ4n) is 2.08. The standard InChI is InChI=1S/C13H21NS/c1-3-13(8-11-4-5-11)14-10(2)12-6-7-15-9-12/h6-7,9-11,13-14H,3-5,8H2,1-2H3. The van der Waals surface area contributed by atoms with E-state index >= 15 is 0 Å². The molecule has 1 aliphatic carbocycles. The average molecular weight is 223 g/mol. The maximum absolute atomic E-state index is 3.75. The summed E-state index contributed by atoms with van der Waals surface area (Å²) in [4.78, 5) is 0. The van der Waals surface area contributed by atoms with Crippen LogP contribution in [0, 0.1) is 5.92 Å². The van der Waals surface area contributed by atoms with E-state index in [1.54, 1.807) is 11.3 Å². The molecule has 84 valence electrons. The van der Waals surface area contributed by atoms with E-state index in [1.807, 2.05) is 0 Å². The molecule has 0 amide bonds. The van der Waals surface area contributed by atoms with Gasteiger partial charge in [0, 0.05) is 12.1 Å². The van der Waals surface area contributed by atoms with Gasteiger partial charge in [0.25, 0.3) is 0 Å². The van der Waals surface area contributed by atoms with E-state index in [4.69, 9.17) is 0 Å². The largest absolute Gasteiger partial charge is 0.307 e. The summed E-state index contributed by atoms with van der Waals surface area (Å²) >= 11 is 1.79. The zero-order valence-corrected chi connectivity index (χ0v) is 10.5. The zero-order valence-electron chi connectivity index (χ0n) is 9.70. The fraction of sp³-hybridized carbons (Fsp3) is 0.692. The molecule has 0 aromatic carbocycles. The number of hydrogen-bond acceptors (Lipinski definition) is 2. The SMILES string of the molecule is CCC(CC1CC1)NC(C)c1ccsc1. The second-order valence-corrected chi connectivity index (χ2v) is 5.51. The molecule has 1 aromatic rings. The predicted octanol–water partition coefficient (Wildman–Crippen LogP) is 3.98. The second kappa shape index (κ2) is 5.13. The van der Waals surface area contributed by atoms with Gasteiger partial charge >= 0.3 is 0 Å². The first-order chi connectivity index (χ1) is 7.29. The van der Waals surface area contributed by atoms with Gasteiger partial charge in [-0.3, -0.25) is 0 Å². The number of hydrogen-bond donors (Lipinski definition) is 1. The Hall–Kier alpha value is -0.340. The van der Waals surface area contributed by atoms with Crippen LogP contribution in [-0.4, -0.2) is 6.04 Å². The molecule has 2 heteroatoms. The summed E-state index contributed by atoms with van der Waals surface area (Å²) < 4.78 is 0. The van der Waals surface area contributed by atoms with Crippen LogP contribution in [0.3, 0.4) is 0 Å². The van der Waals surface area contributed by atoms with E-state index in [2.05, 4.69) is 36.0 Å². The summed E-state index contributed by atoms with van der Waals surface area (Å²) in [5, 5.41) is 8.16. The Labute approximate surface area is 96.9 Å². The van der Waals surface area contributed by atoms with Crippen molar-refractivity contribution in [3.8, 4) is 0 Å². The van der Waals surface area contributed by atoms with Gasteiger partial charge in [0.05, 0.1) is 0 Å². The minimum Gasteiger partial charge on any atom is -0.307 e. The molecule has 15 heavy (non-hydrogen) atoms. The molecule has 1 nitrogen and oxygen atoms in total. The summed E-state index contributed by atoms with van der Waals surface area (Å²) in [6, 6.07) is 3.46. The Morgan fingerprint density at radius 2 is 2.33 bits per heavy atom. The molecule has 0 radical (unpaired) electrons. The first kappa shape index (κ1) is 11.2. The van der Waals surface area contributed by atoms with Gasteiger partial charge in [0.2, 0.25) is 0 Å². The number of thiophene rings is 1. The Morgan fingerprint density at radius 1 is 1.53 bits per heavy atom. The minimum atomic E-state index is 0.514. The first-order valence-corrected chi connectivity index (χ1v) is 7.02. The molecule has 1 saturated carbocycles. The smallest absolute Gasteiger partial charge is 0.0302 e. The lowest BCUT2D eigenvalue weighted by atomic mass is 10.1. The molecule has 1 aliphatic rings. The highest BCUT2D eigenvalue weighted by Gasteiger charge is 2.25. The maximum Gasteiger partial charge on any atom is 0.0302 e. The topological polar surface area (TPSA) is 12.0 Å². The fourth-order valence-corrected chi connectivity index (χ4v) is 2.83. The highest BCUT2D eigenvalue weighted by molar-refractivity contribution is 7.07. The van der Waals surface area contributed by atoms with Crippen LogP contribution < -0.4 is 5.32 Å². The van der Waals surface area contributed by atoms with Crippen LogP contribution in [0.5, 0.6) is 0 Å². The zero-order chi connectivity index (χ0) is 10.7. The predicted molar refractivity (Wildman–Crippen MR) is 67.3 cm³/mol. The molecule has 2 rings (SSSR count).